The number of aromatic amines is 2. The Kier molecular flexibility index (Phi) is 2.97. The van der Waals surface area contributed by atoms with Crippen molar-refractivity contribution in [2.24, 2.45) is 0 Å². The zero-order valence-electron chi connectivity index (χ0n) is 13.7. The standard InChI is InChI=1S/C21H16N4/c1-13-6-8-14(9-7-13)20-24-18-11-10-15(12-19(18)25-20)21-22-16-4-2-3-5-17(16)23-21/h2-12H,1H3,(H,22,23)(H,24,25). The van der Waals surface area contributed by atoms with Gasteiger partial charge in [0.2, 0.25) is 0 Å². The molecule has 0 saturated carbocycles. The zero-order valence-corrected chi connectivity index (χ0v) is 13.7. The number of nitrogens with one attached hydrogen (secondary N) is 2. The molecule has 25 heavy (non-hydrogen) atoms. The van der Waals surface area contributed by atoms with Crippen LogP contribution in [0.4, 0.5) is 0 Å². The Balaban J connectivity index is 1.60. The summed E-state index contributed by atoms with van der Waals surface area (Å²) in [5, 5.41) is 0. The largest absolute Gasteiger partial charge is 0.338 e. The maximum absolute atomic E-state index is 4.70. The molecule has 5 aromatic rings. The average molecular weight is 324 g/mol. The number of benzene rings is 3. The van der Waals surface area contributed by atoms with Crippen LogP contribution in [-0.2, 0) is 0 Å². The van der Waals surface area contributed by atoms with Crippen molar-refractivity contribution in [2.75, 3.05) is 0 Å². The maximum Gasteiger partial charge on any atom is 0.138 e. The topological polar surface area (TPSA) is 57.4 Å². The number of aromatic nitrogens is 4. The van der Waals surface area contributed by atoms with E-state index in [1.807, 2.05) is 30.3 Å². The van der Waals surface area contributed by atoms with Crippen molar-refractivity contribution in [1.82, 2.24) is 19.9 Å². The van der Waals surface area contributed by atoms with E-state index in [2.05, 4.69) is 58.3 Å². The molecular formula is C21H16N4. The van der Waals surface area contributed by atoms with Crippen LogP contribution in [0.5, 0.6) is 0 Å². The van der Waals surface area contributed by atoms with Crippen molar-refractivity contribution < 1.29 is 0 Å². The summed E-state index contributed by atoms with van der Waals surface area (Å²) in [7, 11) is 0. The van der Waals surface area contributed by atoms with Crippen molar-refractivity contribution in [1.29, 1.82) is 0 Å². The van der Waals surface area contributed by atoms with Crippen LogP contribution >= 0.6 is 0 Å². The molecule has 0 spiro atoms. The molecule has 2 N–H and O–H groups in total. The van der Waals surface area contributed by atoms with Crippen LogP contribution < -0.4 is 0 Å². The first-order valence-electron chi connectivity index (χ1n) is 8.28. The monoisotopic (exact) mass is 324 g/mol. The molecule has 120 valence electrons. The van der Waals surface area contributed by atoms with Crippen molar-refractivity contribution in [3.05, 3.63) is 72.3 Å². The lowest BCUT2D eigenvalue weighted by Gasteiger charge is -1.97. The van der Waals surface area contributed by atoms with Gasteiger partial charge in [-0.05, 0) is 37.3 Å². The molecule has 0 fully saturated rings. The number of para-hydroxylation sites is 2. The van der Waals surface area contributed by atoms with E-state index in [4.69, 9.17) is 4.98 Å². The average Bonchev–Trinajstić information content (AvgIpc) is 3.25. The van der Waals surface area contributed by atoms with Crippen LogP contribution in [0.15, 0.2) is 66.7 Å². The van der Waals surface area contributed by atoms with Gasteiger partial charge in [0.05, 0.1) is 22.1 Å². The summed E-state index contributed by atoms with van der Waals surface area (Å²) in [5.74, 6) is 1.76. The molecule has 0 unspecified atom stereocenters. The number of H-pyrrole nitrogens is 2. The molecule has 5 rings (SSSR count). The summed E-state index contributed by atoms with van der Waals surface area (Å²) < 4.78 is 0. The van der Waals surface area contributed by atoms with Crippen molar-refractivity contribution in [3.8, 4) is 22.8 Å². The normalized spacial score (nSPS) is 11.4. The quantitative estimate of drug-likeness (QED) is 0.475. The van der Waals surface area contributed by atoms with Gasteiger partial charge in [0.25, 0.3) is 0 Å². The molecule has 0 aliphatic carbocycles. The maximum atomic E-state index is 4.70. The number of nitrogens with zero attached hydrogens (tertiary/aromatic N) is 2. The van der Waals surface area contributed by atoms with Gasteiger partial charge in [-0.25, -0.2) is 9.97 Å². The van der Waals surface area contributed by atoms with E-state index in [0.717, 1.165) is 44.8 Å². The summed E-state index contributed by atoms with van der Waals surface area (Å²) in [6.45, 7) is 2.09. The van der Waals surface area contributed by atoms with E-state index >= 15 is 0 Å². The summed E-state index contributed by atoms with van der Waals surface area (Å²) >= 11 is 0. The lowest BCUT2D eigenvalue weighted by Crippen LogP contribution is -1.80. The Morgan fingerprint density at radius 1 is 0.640 bits per heavy atom. The second kappa shape index (κ2) is 5.31. The highest BCUT2D eigenvalue weighted by Gasteiger charge is 2.09. The predicted octanol–water partition coefficient (Wildman–Crippen LogP) is 5.08. The molecule has 0 amide bonds. The first-order chi connectivity index (χ1) is 12.3. The van der Waals surface area contributed by atoms with E-state index in [1.165, 1.54) is 5.56 Å². The predicted molar refractivity (Wildman–Crippen MR) is 101 cm³/mol. The number of hydrogen-bond acceptors (Lipinski definition) is 2. The highest BCUT2D eigenvalue weighted by atomic mass is 14.9. The molecule has 0 bridgehead atoms. The van der Waals surface area contributed by atoms with E-state index in [1.54, 1.807) is 0 Å². The Morgan fingerprint density at radius 2 is 1.28 bits per heavy atom. The fourth-order valence-electron chi connectivity index (χ4n) is 3.09. The second-order valence-corrected chi connectivity index (χ2v) is 6.29. The molecule has 0 atom stereocenters. The molecule has 2 heterocycles. The first kappa shape index (κ1) is 14.0. The lowest BCUT2D eigenvalue weighted by molar-refractivity contribution is 1.33. The summed E-state index contributed by atoms with van der Waals surface area (Å²) in [4.78, 5) is 16.2. The zero-order chi connectivity index (χ0) is 16.8. The molecule has 3 aromatic carbocycles. The summed E-state index contributed by atoms with van der Waals surface area (Å²) in [5.41, 5.74) is 7.36. The van der Waals surface area contributed by atoms with Crippen LogP contribution in [0.3, 0.4) is 0 Å². The van der Waals surface area contributed by atoms with E-state index in [0.29, 0.717) is 0 Å². The first-order valence-corrected chi connectivity index (χ1v) is 8.28. The third-order valence-corrected chi connectivity index (χ3v) is 4.47. The van der Waals surface area contributed by atoms with Crippen LogP contribution in [0, 0.1) is 6.92 Å². The van der Waals surface area contributed by atoms with Gasteiger partial charge in [-0.1, -0.05) is 42.0 Å². The van der Waals surface area contributed by atoms with Gasteiger partial charge in [-0.2, -0.15) is 0 Å². The van der Waals surface area contributed by atoms with Crippen molar-refractivity contribution in [2.45, 2.75) is 6.92 Å². The van der Waals surface area contributed by atoms with Gasteiger partial charge in [0, 0.05) is 11.1 Å². The van der Waals surface area contributed by atoms with Gasteiger partial charge >= 0.3 is 0 Å². The molecule has 0 aliphatic heterocycles. The fraction of sp³-hybridized carbons (Fsp3) is 0.0476. The fourth-order valence-corrected chi connectivity index (χ4v) is 3.09. The number of imidazole rings is 2. The number of fused-ring (bicyclic) bond motifs is 2. The van der Waals surface area contributed by atoms with Gasteiger partial charge in [0.1, 0.15) is 11.6 Å². The SMILES string of the molecule is Cc1ccc(-c2nc3ccc(-c4nc5ccccc5[nH]4)cc3[nH]2)cc1. The highest BCUT2D eigenvalue weighted by Crippen LogP contribution is 2.26. The number of aryl methyl sites for hydroxylation is 1. The lowest BCUT2D eigenvalue weighted by atomic mass is 10.1. The number of hydrogen-bond donors (Lipinski definition) is 2. The van der Waals surface area contributed by atoms with Crippen molar-refractivity contribution in [3.63, 3.8) is 0 Å². The third kappa shape index (κ3) is 2.39. The van der Waals surface area contributed by atoms with Crippen LogP contribution in [0.1, 0.15) is 5.56 Å². The summed E-state index contributed by atoms with van der Waals surface area (Å²) in [6, 6.07) is 22.6. The van der Waals surface area contributed by atoms with E-state index in [-0.39, 0.29) is 0 Å². The minimum absolute atomic E-state index is 0.870. The molecule has 2 aromatic heterocycles. The molecule has 0 aliphatic rings. The Labute approximate surface area is 144 Å². The van der Waals surface area contributed by atoms with E-state index < -0.39 is 0 Å². The molecule has 0 radical (unpaired) electrons. The minimum atomic E-state index is 0.870. The van der Waals surface area contributed by atoms with Gasteiger partial charge in [-0.15, -0.1) is 0 Å². The van der Waals surface area contributed by atoms with Gasteiger partial charge in [0.15, 0.2) is 0 Å². The summed E-state index contributed by atoms with van der Waals surface area (Å²) in [6.07, 6.45) is 0. The van der Waals surface area contributed by atoms with Gasteiger partial charge in [-0.3, -0.25) is 0 Å². The molecular weight excluding hydrogens is 308 g/mol. The van der Waals surface area contributed by atoms with Crippen LogP contribution in [-0.4, -0.2) is 19.9 Å². The molecule has 4 nitrogen and oxygen atoms in total. The van der Waals surface area contributed by atoms with E-state index in [9.17, 15) is 0 Å². The Morgan fingerprint density at radius 3 is 2.08 bits per heavy atom. The van der Waals surface area contributed by atoms with Crippen LogP contribution in [0.25, 0.3) is 44.8 Å². The number of rotatable bonds is 2. The Bertz CT molecular complexity index is 1160. The van der Waals surface area contributed by atoms with Gasteiger partial charge < -0.3 is 9.97 Å². The smallest absolute Gasteiger partial charge is 0.138 e. The minimum Gasteiger partial charge on any atom is -0.338 e. The second-order valence-electron chi connectivity index (χ2n) is 6.29. The van der Waals surface area contributed by atoms with Crippen molar-refractivity contribution >= 4 is 22.1 Å². The molecule has 4 heteroatoms. The Hall–Kier alpha value is -3.40. The van der Waals surface area contributed by atoms with Crippen LogP contribution in [0.2, 0.25) is 0 Å². The third-order valence-electron chi connectivity index (χ3n) is 4.47. The molecule has 0 saturated heterocycles. The highest BCUT2D eigenvalue weighted by molar-refractivity contribution is 5.85.